The molecule has 192 valence electrons. The molecule has 4 rings (SSSR count). The van der Waals surface area contributed by atoms with Gasteiger partial charge in [-0.25, -0.2) is 22.8 Å². The Bertz CT molecular complexity index is 1700. The molecule has 1 unspecified atom stereocenters. The van der Waals surface area contributed by atoms with Gasteiger partial charge in [-0.1, -0.05) is 17.7 Å². The van der Waals surface area contributed by atoms with Crippen molar-refractivity contribution in [2.24, 2.45) is 5.73 Å². The van der Waals surface area contributed by atoms with Crippen molar-refractivity contribution in [1.82, 2.24) is 14.5 Å². The van der Waals surface area contributed by atoms with Crippen LogP contribution in [0.1, 0.15) is 0 Å². The molecule has 4 aromatic rings. The normalized spacial score (nSPS) is 12.3. The summed E-state index contributed by atoms with van der Waals surface area (Å²) in [5.41, 5.74) is 5.75. The number of hydrogen-bond acceptors (Lipinski definition) is 8. The molecule has 0 bridgehead atoms. The Balaban J connectivity index is 1.75. The van der Waals surface area contributed by atoms with Crippen molar-refractivity contribution in [3.63, 3.8) is 0 Å². The second-order valence-electron chi connectivity index (χ2n) is 7.81. The van der Waals surface area contributed by atoms with Crippen LogP contribution in [-0.2, 0) is 21.4 Å². The average Bonchev–Trinajstić information content (AvgIpc) is 2.85. The minimum Gasteiger partial charge on any atom is -0.480 e. The molecule has 2 heterocycles. The number of pyridine rings is 1. The van der Waals surface area contributed by atoms with E-state index in [2.05, 4.69) is 14.7 Å². The van der Waals surface area contributed by atoms with Gasteiger partial charge in [0.1, 0.15) is 22.5 Å². The highest BCUT2D eigenvalue weighted by atomic mass is 35.5. The predicted octanol–water partition coefficient (Wildman–Crippen LogP) is 1.91. The van der Waals surface area contributed by atoms with Crippen molar-refractivity contribution in [3.05, 3.63) is 76.2 Å². The molecule has 37 heavy (non-hydrogen) atoms. The van der Waals surface area contributed by atoms with Crippen LogP contribution in [0.25, 0.3) is 22.0 Å². The summed E-state index contributed by atoms with van der Waals surface area (Å²) < 4.78 is 47.8. The molecule has 11 nitrogen and oxygen atoms in total. The van der Waals surface area contributed by atoms with E-state index in [0.29, 0.717) is 16.6 Å². The van der Waals surface area contributed by atoms with E-state index in [0.717, 1.165) is 22.8 Å². The van der Waals surface area contributed by atoms with E-state index in [1.165, 1.54) is 31.8 Å². The molecule has 0 spiro atoms. The van der Waals surface area contributed by atoms with Crippen LogP contribution in [0.15, 0.2) is 64.7 Å². The van der Waals surface area contributed by atoms with E-state index in [1.54, 1.807) is 12.1 Å². The zero-order valence-electron chi connectivity index (χ0n) is 19.1. The molecule has 0 saturated heterocycles. The minimum atomic E-state index is -4.25. The number of benzene rings is 2. The highest BCUT2D eigenvalue weighted by Crippen LogP contribution is 2.32. The van der Waals surface area contributed by atoms with E-state index < -0.39 is 33.4 Å². The van der Waals surface area contributed by atoms with E-state index in [1.807, 2.05) is 0 Å². The maximum Gasteiger partial charge on any atom is 0.263 e. The van der Waals surface area contributed by atoms with Crippen molar-refractivity contribution in [1.29, 1.82) is 0 Å². The van der Waals surface area contributed by atoms with Gasteiger partial charge in [0.15, 0.2) is 0 Å². The first-order valence-electron chi connectivity index (χ1n) is 10.5. The zero-order valence-corrected chi connectivity index (χ0v) is 20.6. The highest BCUT2D eigenvalue weighted by Gasteiger charge is 2.22. The summed E-state index contributed by atoms with van der Waals surface area (Å²) in [6.45, 7) is -0.372. The topological polar surface area (TPSA) is 166 Å². The summed E-state index contributed by atoms with van der Waals surface area (Å²) >= 11 is 5.93. The lowest BCUT2D eigenvalue weighted by Gasteiger charge is -2.14. The van der Waals surface area contributed by atoms with Crippen LogP contribution in [0.4, 0.5) is 10.1 Å². The number of nitrogens with two attached hydrogens (primary N) is 1. The molecule has 0 aliphatic carbocycles. The number of hydrogen-bond donors (Lipinski definition) is 3. The third kappa shape index (κ3) is 5.38. The number of nitrogens with one attached hydrogen (secondary N) is 1. The standard InChI is InChI=1S/C23H19ClFN5O6S/c1-36-22-18(29-37(34,35)20-5-3-14(25)8-16(20)24)7-13(9-27-22)12-2-4-17-15(6-12)23(33)30(11-28-17)10-19(31)21(26)32/h2-9,11,19,29,31H,10H2,1H3,(H2,26,32). The number of ether oxygens (including phenoxy) is 1. The van der Waals surface area contributed by atoms with Gasteiger partial charge >= 0.3 is 0 Å². The van der Waals surface area contributed by atoms with Gasteiger partial charge in [0.25, 0.3) is 15.6 Å². The first kappa shape index (κ1) is 26.0. The average molecular weight is 548 g/mol. The maximum atomic E-state index is 13.4. The Labute approximate surface area is 214 Å². The van der Waals surface area contributed by atoms with E-state index >= 15 is 0 Å². The summed E-state index contributed by atoms with van der Waals surface area (Å²) in [5, 5.41) is 9.59. The number of aromatic nitrogens is 3. The molecular weight excluding hydrogens is 529 g/mol. The number of nitrogens with zero attached hydrogens (tertiary/aromatic N) is 3. The van der Waals surface area contributed by atoms with Crippen molar-refractivity contribution < 1.29 is 27.4 Å². The summed E-state index contributed by atoms with van der Waals surface area (Å²) in [6.07, 6.45) is 1.03. The molecule has 4 N–H and O–H groups in total. The van der Waals surface area contributed by atoms with Gasteiger partial charge in [0.05, 0.1) is 35.9 Å². The lowest BCUT2D eigenvalue weighted by molar-refractivity contribution is -0.126. The van der Waals surface area contributed by atoms with Crippen molar-refractivity contribution in [3.8, 4) is 17.0 Å². The molecule has 1 amide bonds. The number of anilines is 1. The number of sulfonamides is 1. The number of amides is 1. The van der Waals surface area contributed by atoms with Crippen LogP contribution in [0.5, 0.6) is 5.88 Å². The van der Waals surface area contributed by atoms with Crippen molar-refractivity contribution in [2.75, 3.05) is 11.8 Å². The third-order valence-electron chi connectivity index (χ3n) is 5.33. The minimum absolute atomic E-state index is 0.0336. The lowest BCUT2D eigenvalue weighted by atomic mass is 10.1. The second kappa shape index (κ2) is 10.1. The number of carbonyl (C=O) groups is 1. The molecule has 0 aliphatic heterocycles. The number of aliphatic hydroxyl groups is 1. The Morgan fingerprint density at radius 3 is 2.65 bits per heavy atom. The Kier molecular flexibility index (Phi) is 7.12. The summed E-state index contributed by atoms with van der Waals surface area (Å²) in [7, 11) is -2.95. The number of primary amides is 1. The van der Waals surface area contributed by atoms with Crippen LogP contribution in [0.3, 0.4) is 0 Å². The van der Waals surface area contributed by atoms with Gasteiger partial charge in [0.2, 0.25) is 11.8 Å². The number of methoxy groups -OCH3 is 1. The molecule has 2 aromatic carbocycles. The molecule has 14 heteroatoms. The molecule has 0 radical (unpaired) electrons. The number of rotatable bonds is 8. The fourth-order valence-corrected chi connectivity index (χ4v) is 5.06. The van der Waals surface area contributed by atoms with Gasteiger partial charge < -0.3 is 15.6 Å². The summed E-state index contributed by atoms with van der Waals surface area (Å²) in [4.78, 5) is 32.1. The molecule has 1 atom stereocenters. The zero-order chi connectivity index (χ0) is 26.9. The monoisotopic (exact) mass is 547 g/mol. The second-order valence-corrected chi connectivity index (χ2v) is 9.87. The third-order valence-corrected chi connectivity index (χ3v) is 7.18. The molecular formula is C23H19ClFN5O6S. The van der Waals surface area contributed by atoms with Crippen LogP contribution >= 0.6 is 11.6 Å². The Morgan fingerprint density at radius 2 is 1.97 bits per heavy atom. The lowest BCUT2D eigenvalue weighted by Crippen LogP contribution is -2.35. The summed E-state index contributed by atoms with van der Waals surface area (Å²) in [6, 6.07) is 9.04. The molecule has 2 aromatic heterocycles. The SMILES string of the molecule is COc1ncc(-c2ccc3ncn(CC(O)C(N)=O)c(=O)c3c2)cc1NS(=O)(=O)c1ccc(F)cc1Cl. The number of aliphatic hydroxyl groups excluding tert-OH is 1. The first-order valence-corrected chi connectivity index (χ1v) is 12.3. The van der Waals surface area contributed by atoms with Crippen molar-refractivity contribution in [2.45, 2.75) is 17.5 Å². The van der Waals surface area contributed by atoms with E-state index in [4.69, 9.17) is 22.1 Å². The van der Waals surface area contributed by atoms with E-state index in [9.17, 15) is 27.5 Å². The molecule has 0 fully saturated rings. The highest BCUT2D eigenvalue weighted by molar-refractivity contribution is 7.92. The van der Waals surface area contributed by atoms with Crippen LogP contribution in [-0.4, -0.2) is 47.2 Å². The van der Waals surface area contributed by atoms with Crippen LogP contribution < -0.4 is 20.8 Å². The van der Waals surface area contributed by atoms with E-state index in [-0.39, 0.29) is 33.4 Å². The molecule has 0 saturated carbocycles. The van der Waals surface area contributed by atoms with Crippen molar-refractivity contribution >= 4 is 44.1 Å². The number of carbonyl (C=O) groups excluding carboxylic acids is 1. The first-order chi connectivity index (χ1) is 17.5. The summed E-state index contributed by atoms with van der Waals surface area (Å²) in [5.74, 6) is -1.73. The Hall–Kier alpha value is -4.07. The van der Waals surface area contributed by atoms with Gasteiger partial charge in [-0.3, -0.25) is 18.9 Å². The van der Waals surface area contributed by atoms with Gasteiger partial charge in [0, 0.05) is 11.8 Å². The Morgan fingerprint density at radius 1 is 1.22 bits per heavy atom. The fourth-order valence-electron chi connectivity index (χ4n) is 3.48. The maximum absolute atomic E-state index is 13.4. The predicted molar refractivity (Wildman–Crippen MR) is 133 cm³/mol. The van der Waals surface area contributed by atoms with Gasteiger partial charge in [-0.2, -0.15) is 0 Å². The largest absolute Gasteiger partial charge is 0.480 e. The number of fused-ring (bicyclic) bond motifs is 1. The van der Waals surface area contributed by atoms with Crippen LogP contribution in [0.2, 0.25) is 5.02 Å². The molecule has 0 aliphatic rings. The van der Waals surface area contributed by atoms with Gasteiger partial charge in [-0.05, 0) is 42.0 Å². The smallest absolute Gasteiger partial charge is 0.263 e. The quantitative estimate of drug-likeness (QED) is 0.301. The van der Waals surface area contributed by atoms with Gasteiger partial charge in [-0.15, -0.1) is 0 Å². The van der Waals surface area contributed by atoms with Crippen LogP contribution in [0, 0.1) is 5.82 Å². The number of halogens is 2. The fraction of sp³-hybridized carbons (Fsp3) is 0.130.